The van der Waals surface area contributed by atoms with Crippen molar-refractivity contribution in [3.63, 3.8) is 0 Å². The predicted molar refractivity (Wildman–Crippen MR) is 75.5 cm³/mol. The highest BCUT2D eigenvalue weighted by molar-refractivity contribution is 5.96. The number of methoxy groups -OCH3 is 1. The van der Waals surface area contributed by atoms with Crippen LogP contribution in [0.5, 0.6) is 0 Å². The molecule has 1 aromatic carbocycles. The molecule has 0 fully saturated rings. The molecule has 0 spiro atoms. The molecule has 0 aliphatic heterocycles. The summed E-state index contributed by atoms with van der Waals surface area (Å²) in [5.41, 5.74) is 1.55. The van der Waals surface area contributed by atoms with E-state index in [0.29, 0.717) is 5.56 Å². The Bertz CT molecular complexity index is 474. The highest BCUT2D eigenvalue weighted by Crippen LogP contribution is 2.22. The van der Waals surface area contributed by atoms with Gasteiger partial charge >= 0.3 is 5.97 Å². The van der Waals surface area contributed by atoms with Gasteiger partial charge in [-0.05, 0) is 23.1 Å². The second kappa shape index (κ2) is 6.52. The maximum absolute atomic E-state index is 12.0. The summed E-state index contributed by atoms with van der Waals surface area (Å²) in [6.45, 7) is 5.75. The molecule has 0 heterocycles. The summed E-state index contributed by atoms with van der Waals surface area (Å²) in [6, 6.07) is 6.10. The number of amides is 1. The zero-order valence-corrected chi connectivity index (χ0v) is 12.3. The SMILES string of the molecule is COC(=O)[C@H](CO)NC(=O)c1ccc(C(C)(C)C)cc1. The highest BCUT2D eigenvalue weighted by Gasteiger charge is 2.21. The van der Waals surface area contributed by atoms with E-state index in [9.17, 15) is 9.59 Å². The summed E-state index contributed by atoms with van der Waals surface area (Å²) in [4.78, 5) is 23.3. The monoisotopic (exact) mass is 279 g/mol. The molecule has 20 heavy (non-hydrogen) atoms. The van der Waals surface area contributed by atoms with Gasteiger partial charge in [-0.3, -0.25) is 4.79 Å². The average molecular weight is 279 g/mol. The molecule has 0 radical (unpaired) electrons. The molecular weight excluding hydrogens is 258 g/mol. The molecule has 0 unspecified atom stereocenters. The van der Waals surface area contributed by atoms with E-state index in [1.54, 1.807) is 12.1 Å². The van der Waals surface area contributed by atoms with Crippen LogP contribution in [0.4, 0.5) is 0 Å². The Hall–Kier alpha value is -1.88. The number of hydrogen-bond acceptors (Lipinski definition) is 4. The minimum Gasteiger partial charge on any atom is -0.467 e. The second-order valence-electron chi connectivity index (χ2n) is 5.56. The van der Waals surface area contributed by atoms with E-state index in [4.69, 9.17) is 5.11 Å². The minimum atomic E-state index is -1.05. The van der Waals surface area contributed by atoms with Gasteiger partial charge in [-0.1, -0.05) is 32.9 Å². The van der Waals surface area contributed by atoms with Crippen LogP contribution in [0, 0.1) is 0 Å². The molecule has 110 valence electrons. The third kappa shape index (κ3) is 4.06. The smallest absolute Gasteiger partial charge is 0.330 e. The summed E-state index contributed by atoms with van der Waals surface area (Å²) in [5, 5.41) is 11.5. The number of rotatable bonds is 4. The first kappa shape index (κ1) is 16.2. The summed E-state index contributed by atoms with van der Waals surface area (Å²) in [7, 11) is 1.20. The largest absolute Gasteiger partial charge is 0.467 e. The van der Waals surface area contributed by atoms with Crippen LogP contribution in [-0.2, 0) is 14.9 Å². The molecule has 1 rings (SSSR count). The zero-order valence-electron chi connectivity index (χ0n) is 12.3. The van der Waals surface area contributed by atoms with Gasteiger partial charge in [0.15, 0.2) is 6.04 Å². The average Bonchev–Trinajstić information content (AvgIpc) is 2.42. The molecule has 1 amide bonds. The van der Waals surface area contributed by atoms with Crippen molar-refractivity contribution in [1.29, 1.82) is 0 Å². The van der Waals surface area contributed by atoms with Crippen LogP contribution in [0.15, 0.2) is 24.3 Å². The van der Waals surface area contributed by atoms with E-state index in [1.165, 1.54) is 7.11 Å². The number of hydrogen-bond donors (Lipinski definition) is 2. The Balaban J connectivity index is 2.80. The number of aliphatic hydroxyl groups excluding tert-OH is 1. The zero-order chi connectivity index (χ0) is 15.3. The molecule has 1 atom stereocenters. The molecule has 5 nitrogen and oxygen atoms in total. The predicted octanol–water partition coefficient (Wildman–Crippen LogP) is 1.25. The van der Waals surface area contributed by atoms with E-state index in [-0.39, 0.29) is 5.41 Å². The third-order valence-electron chi connectivity index (χ3n) is 2.99. The first-order valence-corrected chi connectivity index (χ1v) is 6.39. The Labute approximate surface area is 118 Å². The van der Waals surface area contributed by atoms with Gasteiger partial charge in [0, 0.05) is 5.56 Å². The fourth-order valence-corrected chi connectivity index (χ4v) is 1.68. The van der Waals surface area contributed by atoms with Gasteiger partial charge in [-0.25, -0.2) is 4.79 Å². The molecule has 1 aromatic rings. The number of benzene rings is 1. The maximum Gasteiger partial charge on any atom is 0.330 e. The standard InChI is InChI=1S/C15H21NO4/c1-15(2,3)11-7-5-10(6-8-11)13(18)16-12(9-17)14(19)20-4/h5-8,12,17H,9H2,1-4H3,(H,16,18)/t12-/m0/s1. The second-order valence-corrected chi connectivity index (χ2v) is 5.56. The van der Waals surface area contributed by atoms with Crippen LogP contribution in [0.25, 0.3) is 0 Å². The van der Waals surface area contributed by atoms with Crippen molar-refractivity contribution in [3.05, 3.63) is 35.4 Å². The van der Waals surface area contributed by atoms with Gasteiger partial charge in [-0.15, -0.1) is 0 Å². The van der Waals surface area contributed by atoms with Crippen molar-refractivity contribution in [2.75, 3.05) is 13.7 Å². The van der Waals surface area contributed by atoms with E-state index in [2.05, 4.69) is 30.8 Å². The quantitative estimate of drug-likeness (QED) is 0.813. The molecule has 0 aromatic heterocycles. The van der Waals surface area contributed by atoms with Gasteiger partial charge in [0.05, 0.1) is 13.7 Å². The fraction of sp³-hybridized carbons (Fsp3) is 0.467. The Morgan fingerprint density at radius 3 is 2.20 bits per heavy atom. The molecule has 0 aliphatic carbocycles. The molecular formula is C15H21NO4. The van der Waals surface area contributed by atoms with Crippen molar-refractivity contribution in [3.8, 4) is 0 Å². The number of aliphatic hydroxyl groups is 1. The normalized spacial score (nSPS) is 12.7. The van der Waals surface area contributed by atoms with Crippen molar-refractivity contribution in [2.24, 2.45) is 0 Å². The molecule has 2 N–H and O–H groups in total. The van der Waals surface area contributed by atoms with Crippen LogP contribution in [0.3, 0.4) is 0 Å². The number of carbonyl (C=O) groups is 2. The first-order valence-electron chi connectivity index (χ1n) is 6.39. The third-order valence-corrected chi connectivity index (χ3v) is 2.99. The van der Waals surface area contributed by atoms with Gasteiger partial charge in [0.25, 0.3) is 5.91 Å². The van der Waals surface area contributed by atoms with Crippen LogP contribution >= 0.6 is 0 Å². The Morgan fingerprint density at radius 1 is 1.25 bits per heavy atom. The molecule has 0 saturated heterocycles. The van der Waals surface area contributed by atoms with E-state index in [0.717, 1.165) is 5.56 Å². The molecule has 0 bridgehead atoms. The fourth-order valence-electron chi connectivity index (χ4n) is 1.68. The van der Waals surface area contributed by atoms with Crippen molar-refractivity contribution in [2.45, 2.75) is 32.2 Å². The minimum absolute atomic E-state index is 0.00859. The van der Waals surface area contributed by atoms with Crippen LogP contribution in [-0.4, -0.2) is 36.7 Å². The van der Waals surface area contributed by atoms with Crippen LogP contribution in [0.2, 0.25) is 0 Å². The number of ether oxygens (including phenoxy) is 1. The highest BCUT2D eigenvalue weighted by atomic mass is 16.5. The number of carbonyl (C=O) groups excluding carboxylic acids is 2. The lowest BCUT2D eigenvalue weighted by Crippen LogP contribution is -2.44. The van der Waals surface area contributed by atoms with Crippen LogP contribution in [0.1, 0.15) is 36.7 Å². The lowest BCUT2D eigenvalue weighted by atomic mass is 9.86. The first-order chi connectivity index (χ1) is 9.29. The van der Waals surface area contributed by atoms with Crippen molar-refractivity contribution < 1.29 is 19.4 Å². The summed E-state index contributed by atoms with van der Waals surface area (Å²) >= 11 is 0. The number of esters is 1. The van der Waals surface area contributed by atoms with Gasteiger partial charge in [-0.2, -0.15) is 0 Å². The molecule has 0 saturated carbocycles. The Kier molecular flexibility index (Phi) is 5.27. The summed E-state index contributed by atoms with van der Waals surface area (Å²) in [6.07, 6.45) is 0. The molecule has 0 aliphatic rings. The lowest BCUT2D eigenvalue weighted by molar-refractivity contribution is -0.143. The van der Waals surface area contributed by atoms with Crippen molar-refractivity contribution >= 4 is 11.9 Å². The van der Waals surface area contributed by atoms with Crippen molar-refractivity contribution in [1.82, 2.24) is 5.32 Å². The topological polar surface area (TPSA) is 75.6 Å². The van der Waals surface area contributed by atoms with E-state index >= 15 is 0 Å². The van der Waals surface area contributed by atoms with E-state index in [1.807, 2.05) is 12.1 Å². The van der Waals surface area contributed by atoms with Gasteiger partial charge < -0.3 is 15.2 Å². The summed E-state index contributed by atoms with van der Waals surface area (Å²) in [5.74, 6) is -1.10. The Morgan fingerprint density at radius 2 is 1.80 bits per heavy atom. The number of nitrogens with one attached hydrogen (secondary N) is 1. The lowest BCUT2D eigenvalue weighted by Gasteiger charge is -2.19. The van der Waals surface area contributed by atoms with Gasteiger partial charge in [0.1, 0.15) is 0 Å². The van der Waals surface area contributed by atoms with Crippen LogP contribution < -0.4 is 5.32 Å². The summed E-state index contributed by atoms with van der Waals surface area (Å²) < 4.78 is 4.49. The van der Waals surface area contributed by atoms with Gasteiger partial charge in [0.2, 0.25) is 0 Å². The molecule has 5 heteroatoms. The van der Waals surface area contributed by atoms with E-state index < -0.39 is 24.5 Å². The maximum atomic E-state index is 12.0.